The molecule has 1 aliphatic heterocycles. The molecule has 2 heterocycles. The summed E-state index contributed by atoms with van der Waals surface area (Å²) in [5, 5.41) is 5.53. The van der Waals surface area contributed by atoms with Crippen LogP contribution < -0.4 is 5.32 Å². The zero-order valence-electron chi connectivity index (χ0n) is 13.0. The molecule has 22 heavy (non-hydrogen) atoms. The van der Waals surface area contributed by atoms with E-state index in [9.17, 15) is 0 Å². The summed E-state index contributed by atoms with van der Waals surface area (Å²) in [5.74, 6) is 0. The smallest absolute Gasteiger partial charge is 0.169 e. The van der Waals surface area contributed by atoms with Crippen molar-refractivity contribution in [1.29, 1.82) is 0 Å². The second kappa shape index (κ2) is 7.38. The average molecular weight is 334 g/mol. The molecule has 3 nitrogen and oxygen atoms in total. The van der Waals surface area contributed by atoms with E-state index in [2.05, 4.69) is 41.4 Å². The molecule has 1 aromatic heterocycles. The highest BCUT2D eigenvalue weighted by molar-refractivity contribution is 7.80. The molecule has 1 N–H and O–H groups in total. The van der Waals surface area contributed by atoms with Crippen molar-refractivity contribution in [2.75, 3.05) is 13.1 Å². The fraction of sp³-hybridized carbons (Fsp3) is 0.529. The van der Waals surface area contributed by atoms with Gasteiger partial charge in [0.1, 0.15) is 5.01 Å². The lowest BCUT2D eigenvalue weighted by Gasteiger charge is -2.36. The van der Waals surface area contributed by atoms with Crippen molar-refractivity contribution in [3.8, 4) is 0 Å². The number of hydrogen-bond acceptors (Lipinski definition) is 3. The molecule has 0 aliphatic carbocycles. The average Bonchev–Trinajstić information content (AvgIpc) is 2.99. The molecule has 1 aromatic carbocycles. The van der Waals surface area contributed by atoms with E-state index >= 15 is 0 Å². The third kappa shape index (κ3) is 3.41. The van der Waals surface area contributed by atoms with Crippen LogP contribution >= 0.6 is 23.6 Å². The van der Waals surface area contributed by atoms with Gasteiger partial charge in [0.05, 0.1) is 16.3 Å². The number of thiocarbonyl (C=S) groups is 1. The lowest BCUT2D eigenvalue weighted by Crippen LogP contribution is -2.44. The van der Waals surface area contributed by atoms with Gasteiger partial charge in [-0.05, 0) is 50.0 Å². The van der Waals surface area contributed by atoms with E-state index in [0.29, 0.717) is 6.04 Å². The summed E-state index contributed by atoms with van der Waals surface area (Å²) in [7, 11) is 0. The predicted octanol–water partition coefficient (Wildman–Crippen LogP) is 4.50. The van der Waals surface area contributed by atoms with E-state index < -0.39 is 0 Å². The molecule has 1 saturated heterocycles. The second-order valence-electron chi connectivity index (χ2n) is 5.81. The summed E-state index contributed by atoms with van der Waals surface area (Å²) in [6.07, 6.45) is 5.98. The maximum atomic E-state index is 5.64. The van der Waals surface area contributed by atoms with E-state index in [1.165, 1.54) is 35.4 Å². The molecule has 1 atom stereocenters. The lowest BCUT2D eigenvalue weighted by molar-refractivity contribution is 0.242. The van der Waals surface area contributed by atoms with Gasteiger partial charge in [0.15, 0.2) is 5.11 Å². The molecule has 0 amide bonds. The molecule has 0 spiro atoms. The van der Waals surface area contributed by atoms with Crippen molar-refractivity contribution in [2.45, 2.75) is 45.1 Å². The number of benzene rings is 1. The third-order valence-corrected chi connectivity index (χ3v) is 5.68. The number of nitrogens with one attached hydrogen (secondary N) is 1. The van der Waals surface area contributed by atoms with Crippen molar-refractivity contribution in [1.82, 2.24) is 15.2 Å². The second-order valence-corrected chi connectivity index (χ2v) is 7.26. The summed E-state index contributed by atoms with van der Waals surface area (Å²) in [6, 6.07) is 8.73. The molecule has 0 radical (unpaired) electrons. The Morgan fingerprint density at radius 3 is 3.09 bits per heavy atom. The van der Waals surface area contributed by atoms with E-state index in [-0.39, 0.29) is 0 Å². The first-order chi connectivity index (χ1) is 10.8. The van der Waals surface area contributed by atoms with Crippen molar-refractivity contribution < 1.29 is 0 Å². The van der Waals surface area contributed by atoms with Gasteiger partial charge in [0, 0.05) is 13.1 Å². The Bertz CT molecular complexity index is 605. The fourth-order valence-corrected chi connectivity index (χ4v) is 4.37. The molecule has 1 fully saturated rings. The summed E-state index contributed by atoms with van der Waals surface area (Å²) >= 11 is 7.45. The minimum Gasteiger partial charge on any atom is -0.363 e. The first-order valence-corrected chi connectivity index (χ1v) is 9.42. The summed E-state index contributed by atoms with van der Waals surface area (Å²) in [6.45, 7) is 4.21. The van der Waals surface area contributed by atoms with Gasteiger partial charge in [-0.2, -0.15) is 0 Å². The summed E-state index contributed by atoms with van der Waals surface area (Å²) < 4.78 is 1.27. The number of aromatic nitrogens is 1. The van der Waals surface area contributed by atoms with Crippen LogP contribution in [0.4, 0.5) is 0 Å². The van der Waals surface area contributed by atoms with Crippen LogP contribution in [0, 0.1) is 0 Å². The Morgan fingerprint density at radius 1 is 1.41 bits per heavy atom. The van der Waals surface area contributed by atoms with Gasteiger partial charge in [-0.3, -0.25) is 0 Å². The Hall–Kier alpha value is -1.20. The largest absolute Gasteiger partial charge is 0.363 e. The molecular weight excluding hydrogens is 310 g/mol. The predicted molar refractivity (Wildman–Crippen MR) is 98.4 cm³/mol. The molecule has 0 saturated carbocycles. The Morgan fingerprint density at radius 2 is 2.27 bits per heavy atom. The highest BCUT2D eigenvalue weighted by Gasteiger charge is 2.28. The van der Waals surface area contributed by atoms with Crippen molar-refractivity contribution in [3.63, 3.8) is 0 Å². The molecule has 5 heteroatoms. The Kier molecular flexibility index (Phi) is 5.26. The van der Waals surface area contributed by atoms with Crippen LogP contribution in [0.2, 0.25) is 0 Å². The quantitative estimate of drug-likeness (QED) is 0.659. The minimum absolute atomic E-state index is 0.341. The number of para-hydroxylation sites is 1. The van der Waals surface area contributed by atoms with Crippen molar-refractivity contribution in [3.05, 3.63) is 29.3 Å². The van der Waals surface area contributed by atoms with Gasteiger partial charge in [0.2, 0.25) is 0 Å². The minimum atomic E-state index is 0.341. The van der Waals surface area contributed by atoms with E-state index in [1.54, 1.807) is 0 Å². The zero-order chi connectivity index (χ0) is 15.4. The molecule has 0 bridgehead atoms. The number of fused-ring (bicyclic) bond motifs is 1. The van der Waals surface area contributed by atoms with E-state index in [0.717, 1.165) is 30.1 Å². The van der Waals surface area contributed by atoms with Crippen LogP contribution in [0.1, 0.15) is 50.1 Å². The number of nitrogens with zero attached hydrogens (tertiary/aromatic N) is 2. The number of rotatable bonds is 4. The molecule has 1 aliphatic rings. The van der Waals surface area contributed by atoms with E-state index in [1.807, 2.05) is 11.3 Å². The third-order valence-electron chi connectivity index (χ3n) is 4.17. The molecule has 3 rings (SSSR count). The van der Waals surface area contributed by atoms with Crippen LogP contribution in [-0.4, -0.2) is 28.1 Å². The van der Waals surface area contributed by atoms with Gasteiger partial charge < -0.3 is 10.2 Å². The van der Waals surface area contributed by atoms with Gasteiger partial charge in [0.25, 0.3) is 0 Å². The van der Waals surface area contributed by atoms with Gasteiger partial charge in [-0.25, -0.2) is 4.98 Å². The van der Waals surface area contributed by atoms with Gasteiger partial charge in [-0.15, -0.1) is 11.3 Å². The number of piperidine rings is 1. The molecule has 2 aromatic rings. The Balaban J connectivity index is 1.78. The molecule has 118 valence electrons. The SMILES string of the molecule is CCCCNC(=S)N1CCCC[C@H]1c1nc2ccccc2s1. The van der Waals surface area contributed by atoms with Crippen LogP contribution in [0.3, 0.4) is 0 Å². The highest BCUT2D eigenvalue weighted by Crippen LogP contribution is 2.35. The summed E-state index contributed by atoms with van der Waals surface area (Å²) in [5.41, 5.74) is 1.11. The maximum Gasteiger partial charge on any atom is 0.169 e. The highest BCUT2D eigenvalue weighted by atomic mass is 32.1. The molecule has 0 unspecified atom stereocenters. The lowest BCUT2D eigenvalue weighted by atomic mass is 10.0. The van der Waals surface area contributed by atoms with Crippen molar-refractivity contribution >= 4 is 38.9 Å². The first kappa shape index (κ1) is 15.7. The number of hydrogen-bond donors (Lipinski definition) is 1. The fourth-order valence-electron chi connectivity index (χ4n) is 2.94. The normalized spacial score (nSPS) is 18.6. The van der Waals surface area contributed by atoms with Crippen LogP contribution in [-0.2, 0) is 0 Å². The van der Waals surface area contributed by atoms with Gasteiger partial charge in [-0.1, -0.05) is 25.5 Å². The van der Waals surface area contributed by atoms with Crippen molar-refractivity contribution in [2.24, 2.45) is 0 Å². The van der Waals surface area contributed by atoms with Gasteiger partial charge >= 0.3 is 0 Å². The Labute approximate surface area is 141 Å². The van der Waals surface area contributed by atoms with Crippen LogP contribution in [0.5, 0.6) is 0 Å². The maximum absolute atomic E-state index is 5.64. The molecular formula is C17H23N3S2. The zero-order valence-corrected chi connectivity index (χ0v) is 14.7. The standard InChI is InChI=1S/C17H23N3S2/c1-2-3-11-18-17(21)20-12-7-6-9-14(20)16-19-13-8-4-5-10-15(13)22-16/h4-5,8,10,14H,2-3,6-7,9,11-12H2,1H3,(H,18,21)/t14-/m0/s1. The number of likely N-dealkylation sites (tertiary alicyclic amines) is 1. The summed E-state index contributed by atoms with van der Waals surface area (Å²) in [4.78, 5) is 7.21. The number of thiazole rings is 1. The van der Waals surface area contributed by atoms with E-state index in [4.69, 9.17) is 17.2 Å². The topological polar surface area (TPSA) is 28.2 Å². The number of unbranched alkanes of at least 4 members (excludes halogenated alkanes) is 1. The van der Waals surface area contributed by atoms with Crippen LogP contribution in [0.15, 0.2) is 24.3 Å². The monoisotopic (exact) mass is 333 g/mol. The first-order valence-electron chi connectivity index (χ1n) is 8.19. The van der Waals surface area contributed by atoms with Crippen LogP contribution in [0.25, 0.3) is 10.2 Å².